The second-order valence-corrected chi connectivity index (χ2v) is 9.48. The normalized spacial score (nSPS) is 18.2. The van der Waals surface area contributed by atoms with E-state index in [4.69, 9.17) is 28.6 Å². The predicted octanol–water partition coefficient (Wildman–Crippen LogP) is 3.41. The average Bonchev–Trinajstić information content (AvgIpc) is 3.27. The highest BCUT2D eigenvalue weighted by Crippen LogP contribution is 2.32. The Morgan fingerprint density at radius 3 is 2.69 bits per heavy atom. The van der Waals surface area contributed by atoms with E-state index in [9.17, 15) is 13.2 Å². The van der Waals surface area contributed by atoms with Gasteiger partial charge in [-0.15, -0.1) is 0 Å². The van der Waals surface area contributed by atoms with Gasteiger partial charge in [-0.3, -0.25) is 10.2 Å². The molecule has 8 nitrogen and oxygen atoms in total. The Bertz CT molecular complexity index is 1280. The van der Waals surface area contributed by atoms with Crippen LogP contribution >= 0.6 is 35.1 Å². The molecule has 0 saturated heterocycles. The molecule has 0 fully saturated rings. The van der Waals surface area contributed by atoms with Crippen LogP contribution in [0.1, 0.15) is 5.69 Å². The molecule has 0 radical (unpaired) electrons. The molecule has 0 bridgehead atoms. The van der Waals surface area contributed by atoms with Crippen LogP contribution in [0.5, 0.6) is 0 Å². The van der Waals surface area contributed by atoms with Gasteiger partial charge in [0.1, 0.15) is 5.84 Å². The Morgan fingerprint density at radius 2 is 1.97 bits per heavy atom. The lowest BCUT2D eigenvalue weighted by atomic mass is 10.1. The van der Waals surface area contributed by atoms with Crippen LogP contribution in [0, 0.1) is 5.41 Å². The summed E-state index contributed by atoms with van der Waals surface area (Å²) in [6.07, 6.45) is 4.16. The van der Waals surface area contributed by atoms with Gasteiger partial charge in [0, 0.05) is 18.1 Å². The van der Waals surface area contributed by atoms with Gasteiger partial charge in [0.15, 0.2) is 0 Å². The number of hydrogen-bond acceptors (Lipinski definition) is 6. The number of hydrogen-bond donors (Lipinski definition) is 1. The maximum atomic E-state index is 12.5. The number of rotatable bonds is 2. The Hall–Kier alpha value is -2.40. The van der Waals surface area contributed by atoms with Gasteiger partial charge in [-0.05, 0) is 30.3 Å². The maximum absolute atomic E-state index is 12.5. The summed E-state index contributed by atoms with van der Waals surface area (Å²) in [6, 6.07) is 8.61. The molecule has 4 rings (SSSR count). The number of benzene rings is 1. The van der Waals surface area contributed by atoms with E-state index in [-0.39, 0.29) is 21.7 Å². The summed E-state index contributed by atoms with van der Waals surface area (Å²) in [5, 5.41) is 8.81. The summed E-state index contributed by atoms with van der Waals surface area (Å²) in [6.45, 7) is 0. The van der Waals surface area contributed by atoms with E-state index in [0.717, 1.165) is 23.1 Å². The molecule has 0 spiro atoms. The number of aliphatic imine (C=N–C) groups is 1. The van der Waals surface area contributed by atoms with Gasteiger partial charge in [-0.2, -0.15) is 9.39 Å². The van der Waals surface area contributed by atoms with Crippen molar-refractivity contribution >= 4 is 73.1 Å². The highest BCUT2D eigenvalue weighted by atomic mass is 35.5. The highest BCUT2D eigenvalue weighted by Gasteiger charge is 2.41. The minimum atomic E-state index is -3.71. The maximum Gasteiger partial charge on any atom is 0.283 e. The molecule has 2 aliphatic heterocycles. The summed E-state index contributed by atoms with van der Waals surface area (Å²) in [5.74, 6) is -0.984. The molecule has 0 atom stereocenters. The number of aromatic nitrogens is 1. The fourth-order valence-corrected chi connectivity index (χ4v) is 5.03. The molecule has 29 heavy (non-hydrogen) atoms. The SMILES string of the molecule is CS(=O)(=O)C1=NSC2=NC(=O)/C(=C\c3cccn3-c3cccc(Cl)c3Cl)C(=N)N21. The van der Waals surface area contributed by atoms with E-state index in [2.05, 4.69) is 9.39 Å². The van der Waals surface area contributed by atoms with Gasteiger partial charge in [0.25, 0.3) is 5.91 Å². The van der Waals surface area contributed by atoms with Crippen molar-refractivity contribution in [1.29, 1.82) is 5.41 Å². The predicted molar refractivity (Wildman–Crippen MR) is 116 cm³/mol. The molecule has 3 heterocycles. The Morgan fingerprint density at radius 1 is 1.21 bits per heavy atom. The smallest absolute Gasteiger partial charge is 0.283 e. The molecule has 1 aromatic carbocycles. The van der Waals surface area contributed by atoms with Crippen LogP contribution in [-0.2, 0) is 14.6 Å². The van der Waals surface area contributed by atoms with E-state index in [1.807, 2.05) is 0 Å². The number of nitrogens with one attached hydrogen (secondary N) is 1. The van der Waals surface area contributed by atoms with Gasteiger partial charge in [-0.25, -0.2) is 13.3 Å². The number of halogens is 2. The lowest BCUT2D eigenvalue weighted by molar-refractivity contribution is -0.114. The largest absolute Gasteiger partial charge is 0.316 e. The van der Waals surface area contributed by atoms with Gasteiger partial charge < -0.3 is 4.57 Å². The second kappa shape index (κ2) is 7.13. The standard InChI is InChI=1S/C17H11Cl2N5O3S2/c1-29(26,27)17-22-28-16-21-15(25)10(14(20)24(16)17)8-9-4-3-7-23(9)12-6-2-5-11(18)13(12)19/h2-8,20H,1H3/b10-8-,20-14?. The zero-order valence-corrected chi connectivity index (χ0v) is 17.8. The molecule has 12 heteroatoms. The molecular weight excluding hydrogens is 457 g/mol. The van der Waals surface area contributed by atoms with Gasteiger partial charge in [-0.1, -0.05) is 29.3 Å². The van der Waals surface area contributed by atoms with Crippen molar-refractivity contribution in [3.05, 3.63) is 57.8 Å². The summed E-state index contributed by atoms with van der Waals surface area (Å²) in [4.78, 5) is 17.4. The van der Waals surface area contributed by atoms with Gasteiger partial charge >= 0.3 is 0 Å². The Balaban J connectivity index is 1.80. The summed E-state index contributed by atoms with van der Waals surface area (Å²) in [5.41, 5.74) is 1.04. The van der Waals surface area contributed by atoms with Crippen molar-refractivity contribution in [3.63, 3.8) is 0 Å². The third kappa shape index (κ3) is 3.42. The Labute approximate surface area is 180 Å². The van der Waals surface area contributed by atoms with Crippen LogP contribution in [0.2, 0.25) is 10.0 Å². The number of sulfone groups is 1. The molecule has 0 unspecified atom stereocenters. The fraction of sp³-hybridized carbons (Fsp3) is 0.0588. The van der Waals surface area contributed by atoms with Gasteiger partial charge in [0.05, 0.1) is 33.3 Å². The summed E-state index contributed by atoms with van der Waals surface area (Å²) < 4.78 is 29.5. The van der Waals surface area contributed by atoms with E-state index >= 15 is 0 Å². The lowest BCUT2D eigenvalue weighted by Gasteiger charge is -2.24. The van der Waals surface area contributed by atoms with Crippen molar-refractivity contribution < 1.29 is 13.2 Å². The first-order valence-corrected chi connectivity index (χ1v) is 11.4. The van der Waals surface area contributed by atoms with Crippen LogP contribution < -0.4 is 0 Å². The zero-order chi connectivity index (χ0) is 20.9. The van der Waals surface area contributed by atoms with Crippen LogP contribution in [-0.4, -0.2) is 46.2 Å². The summed E-state index contributed by atoms with van der Waals surface area (Å²) >= 11 is 13.1. The van der Waals surface area contributed by atoms with E-state index in [1.54, 1.807) is 41.1 Å². The first kappa shape index (κ1) is 19.9. The molecule has 148 valence electrons. The molecule has 2 aliphatic rings. The van der Waals surface area contributed by atoms with E-state index < -0.39 is 15.7 Å². The number of amidine groups is 3. The molecular formula is C17H11Cl2N5O3S2. The van der Waals surface area contributed by atoms with Crippen molar-refractivity contribution in [3.8, 4) is 5.69 Å². The minimum absolute atomic E-state index is 0.0332. The number of amides is 1. The monoisotopic (exact) mass is 467 g/mol. The zero-order valence-electron chi connectivity index (χ0n) is 14.6. The fourth-order valence-electron chi connectivity index (χ4n) is 2.79. The first-order valence-electron chi connectivity index (χ1n) is 7.99. The Kier molecular flexibility index (Phi) is 4.89. The number of carbonyl (C=O) groups is 1. The number of carbonyl (C=O) groups excluding carboxylic acids is 1. The molecule has 1 N–H and O–H groups in total. The van der Waals surface area contributed by atoms with Gasteiger partial charge in [0.2, 0.25) is 20.2 Å². The minimum Gasteiger partial charge on any atom is -0.316 e. The molecule has 1 aromatic heterocycles. The van der Waals surface area contributed by atoms with Crippen molar-refractivity contribution in [2.75, 3.05) is 6.26 Å². The lowest BCUT2D eigenvalue weighted by Crippen LogP contribution is -2.45. The molecule has 1 amide bonds. The second-order valence-electron chi connectivity index (χ2n) is 6.05. The summed E-state index contributed by atoms with van der Waals surface area (Å²) in [7, 11) is -3.71. The van der Waals surface area contributed by atoms with Crippen molar-refractivity contribution in [2.24, 2.45) is 9.39 Å². The number of fused-ring (bicyclic) bond motifs is 1. The topological polar surface area (TPSA) is 108 Å². The molecule has 0 saturated carbocycles. The molecule has 2 aromatic rings. The quantitative estimate of drug-likeness (QED) is 0.537. The van der Waals surface area contributed by atoms with Crippen LogP contribution in [0.4, 0.5) is 0 Å². The van der Waals surface area contributed by atoms with Crippen LogP contribution in [0.25, 0.3) is 11.8 Å². The highest BCUT2D eigenvalue weighted by molar-refractivity contribution is 8.16. The van der Waals surface area contributed by atoms with Crippen molar-refractivity contribution in [2.45, 2.75) is 0 Å². The van der Waals surface area contributed by atoms with E-state index in [0.29, 0.717) is 21.4 Å². The van der Waals surface area contributed by atoms with E-state index in [1.165, 1.54) is 6.08 Å². The first-order chi connectivity index (χ1) is 13.7. The van der Waals surface area contributed by atoms with Crippen molar-refractivity contribution in [1.82, 2.24) is 9.47 Å². The third-order valence-electron chi connectivity index (χ3n) is 4.09. The average molecular weight is 468 g/mol. The van der Waals surface area contributed by atoms with Crippen LogP contribution in [0.15, 0.2) is 51.5 Å². The molecule has 0 aliphatic carbocycles. The number of nitrogens with zero attached hydrogens (tertiary/aromatic N) is 4. The van der Waals surface area contributed by atoms with Crippen LogP contribution in [0.3, 0.4) is 0 Å². The third-order valence-corrected chi connectivity index (χ3v) is 6.65.